The summed E-state index contributed by atoms with van der Waals surface area (Å²) in [4.78, 5) is 0. The first kappa shape index (κ1) is 10.8. The summed E-state index contributed by atoms with van der Waals surface area (Å²) in [5, 5.41) is 0. The van der Waals surface area contributed by atoms with Gasteiger partial charge in [-0.1, -0.05) is 13.3 Å². The van der Waals surface area contributed by atoms with Gasteiger partial charge in [-0.25, -0.2) is 0 Å². The lowest BCUT2D eigenvalue weighted by Gasteiger charge is -2.40. The minimum atomic E-state index is 0.938. The standard InChI is InChI=1S/C17H27/c1-10-3-4-12(5-10)13-8-14(9-13)17-15-6-11(2)7-16(15)17/h6,10-17H,3-5,7-9H2,1-2H3/q+1. The van der Waals surface area contributed by atoms with Gasteiger partial charge < -0.3 is 0 Å². The fraction of sp³-hybridized carbons (Fsp3) is 0.941. The summed E-state index contributed by atoms with van der Waals surface area (Å²) in [5.74, 6) is 8.75. The van der Waals surface area contributed by atoms with E-state index in [0.717, 1.165) is 47.3 Å². The molecular weight excluding hydrogens is 204 g/mol. The average Bonchev–Trinajstić information content (AvgIpc) is 2.63. The third-order valence-corrected chi connectivity index (χ3v) is 6.64. The normalized spacial score (nSPS) is 60.6. The van der Waals surface area contributed by atoms with Crippen LogP contribution in [-0.2, 0) is 0 Å². The molecule has 17 heavy (non-hydrogen) atoms. The van der Waals surface area contributed by atoms with E-state index in [9.17, 15) is 0 Å². The van der Waals surface area contributed by atoms with Gasteiger partial charge >= 0.3 is 0 Å². The van der Waals surface area contributed by atoms with Crippen LogP contribution in [0.3, 0.4) is 0 Å². The second-order valence-corrected chi connectivity index (χ2v) is 7.89. The van der Waals surface area contributed by atoms with Gasteiger partial charge in [0.2, 0.25) is 0 Å². The summed E-state index contributed by atoms with van der Waals surface area (Å²) in [6.45, 7) is 4.87. The lowest BCUT2D eigenvalue weighted by Crippen LogP contribution is -2.31. The molecule has 4 aliphatic carbocycles. The maximum atomic E-state index is 2.68. The Morgan fingerprint density at radius 3 is 2.24 bits per heavy atom. The van der Waals surface area contributed by atoms with E-state index in [1.807, 2.05) is 0 Å². The molecule has 6 atom stereocenters. The molecule has 0 aromatic heterocycles. The molecule has 0 nitrogen and oxygen atoms in total. The highest BCUT2D eigenvalue weighted by molar-refractivity contribution is 5.15. The van der Waals surface area contributed by atoms with Crippen molar-refractivity contribution in [3.05, 3.63) is 6.42 Å². The maximum Gasteiger partial charge on any atom is 0.105 e. The van der Waals surface area contributed by atoms with Crippen LogP contribution in [0, 0.1) is 53.8 Å². The van der Waals surface area contributed by atoms with E-state index in [0.29, 0.717) is 0 Å². The largest absolute Gasteiger partial charge is 0.105 e. The van der Waals surface area contributed by atoms with Crippen LogP contribution in [0.15, 0.2) is 0 Å². The number of rotatable bonds is 2. The van der Waals surface area contributed by atoms with Crippen molar-refractivity contribution in [2.24, 2.45) is 47.3 Å². The van der Waals surface area contributed by atoms with Crippen LogP contribution >= 0.6 is 0 Å². The van der Waals surface area contributed by atoms with Crippen molar-refractivity contribution in [3.8, 4) is 0 Å². The van der Waals surface area contributed by atoms with Crippen molar-refractivity contribution in [1.29, 1.82) is 0 Å². The highest BCUT2D eigenvalue weighted by Gasteiger charge is 2.66. The summed E-state index contributed by atoms with van der Waals surface area (Å²) in [6.07, 6.45) is 12.1. The monoisotopic (exact) mass is 231 g/mol. The van der Waals surface area contributed by atoms with E-state index in [4.69, 9.17) is 0 Å². The first-order valence-electron chi connectivity index (χ1n) is 8.07. The van der Waals surface area contributed by atoms with Gasteiger partial charge in [0.25, 0.3) is 0 Å². The third kappa shape index (κ3) is 1.66. The molecule has 0 saturated heterocycles. The molecular formula is C17H27+. The number of hydrogen-bond acceptors (Lipinski definition) is 0. The summed E-state index contributed by atoms with van der Waals surface area (Å²) in [6, 6.07) is 0. The summed E-state index contributed by atoms with van der Waals surface area (Å²) in [5.41, 5.74) is 0. The van der Waals surface area contributed by atoms with Crippen LogP contribution in [0.1, 0.15) is 52.4 Å². The average molecular weight is 231 g/mol. The molecule has 0 heteroatoms. The molecule has 0 heterocycles. The van der Waals surface area contributed by atoms with E-state index in [1.54, 1.807) is 25.7 Å². The topological polar surface area (TPSA) is 0 Å². The van der Waals surface area contributed by atoms with Gasteiger partial charge in [-0.2, -0.15) is 0 Å². The van der Waals surface area contributed by atoms with Crippen molar-refractivity contribution in [1.82, 2.24) is 0 Å². The predicted molar refractivity (Wildman–Crippen MR) is 71.3 cm³/mol. The first-order chi connectivity index (χ1) is 8.22. The highest BCUT2D eigenvalue weighted by atomic mass is 14.6. The van der Waals surface area contributed by atoms with Crippen molar-refractivity contribution >= 4 is 0 Å². The van der Waals surface area contributed by atoms with Crippen molar-refractivity contribution in [3.63, 3.8) is 0 Å². The first-order valence-corrected chi connectivity index (χ1v) is 8.07. The minimum absolute atomic E-state index is 0.938. The van der Waals surface area contributed by atoms with Crippen LogP contribution in [-0.4, -0.2) is 0 Å². The zero-order valence-electron chi connectivity index (χ0n) is 11.4. The van der Waals surface area contributed by atoms with Gasteiger partial charge in [0.1, 0.15) is 5.92 Å². The number of hydrogen-bond donors (Lipinski definition) is 0. The fourth-order valence-electron chi connectivity index (χ4n) is 5.65. The molecule has 4 fully saturated rings. The van der Waals surface area contributed by atoms with Crippen molar-refractivity contribution in [2.45, 2.75) is 52.4 Å². The minimum Gasteiger partial charge on any atom is -0.0625 e. The van der Waals surface area contributed by atoms with Crippen LogP contribution < -0.4 is 0 Å². The third-order valence-electron chi connectivity index (χ3n) is 6.64. The molecule has 0 radical (unpaired) electrons. The summed E-state index contributed by atoms with van der Waals surface area (Å²) in [7, 11) is 0. The molecule has 0 spiro atoms. The Morgan fingerprint density at radius 1 is 0.824 bits per heavy atom. The molecule has 0 amide bonds. The number of fused-ring (bicyclic) bond motifs is 1. The van der Waals surface area contributed by atoms with Gasteiger partial charge in [-0.15, -0.1) is 0 Å². The Labute approximate surface area is 107 Å². The maximum absolute atomic E-state index is 2.68. The van der Waals surface area contributed by atoms with Gasteiger partial charge in [0.05, 0.1) is 12.3 Å². The van der Waals surface area contributed by atoms with E-state index in [2.05, 4.69) is 20.3 Å². The summed E-state index contributed by atoms with van der Waals surface area (Å²) >= 11 is 0. The van der Waals surface area contributed by atoms with E-state index in [-0.39, 0.29) is 0 Å². The molecule has 94 valence electrons. The molecule has 4 aliphatic rings. The van der Waals surface area contributed by atoms with E-state index >= 15 is 0 Å². The fourth-order valence-corrected chi connectivity index (χ4v) is 5.65. The quantitative estimate of drug-likeness (QED) is 0.611. The van der Waals surface area contributed by atoms with Crippen LogP contribution in [0.25, 0.3) is 0 Å². The molecule has 4 saturated carbocycles. The summed E-state index contributed by atoms with van der Waals surface area (Å²) < 4.78 is 0. The predicted octanol–water partition coefficient (Wildman–Crippen LogP) is 4.56. The van der Waals surface area contributed by atoms with Gasteiger partial charge in [-0.05, 0) is 62.7 Å². The smallest absolute Gasteiger partial charge is 0.0625 e. The van der Waals surface area contributed by atoms with Crippen LogP contribution in [0.5, 0.6) is 0 Å². The van der Waals surface area contributed by atoms with E-state index in [1.165, 1.54) is 12.8 Å². The Balaban J connectivity index is 1.27. The van der Waals surface area contributed by atoms with Crippen molar-refractivity contribution < 1.29 is 0 Å². The molecule has 0 N–H and O–H groups in total. The van der Waals surface area contributed by atoms with Gasteiger partial charge in [0.15, 0.2) is 0 Å². The van der Waals surface area contributed by atoms with Crippen molar-refractivity contribution in [2.75, 3.05) is 0 Å². The Kier molecular flexibility index (Phi) is 2.33. The highest BCUT2D eigenvalue weighted by Crippen LogP contribution is 2.66. The second kappa shape index (κ2) is 3.68. The Hall–Kier alpha value is -0.130. The SMILES string of the molecule is CC1[CH+]C2C(C1)C2C1CC(C2CCC(C)C2)C1. The second-order valence-electron chi connectivity index (χ2n) is 7.89. The molecule has 0 bridgehead atoms. The molecule has 0 aliphatic heterocycles. The zero-order chi connectivity index (χ0) is 11.6. The Bertz CT molecular complexity index is 289. The zero-order valence-corrected chi connectivity index (χ0v) is 11.4. The van der Waals surface area contributed by atoms with Crippen LogP contribution in [0.4, 0.5) is 0 Å². The van der Waals surface area contributed by atoms with Gasteiger partial charge in [-0.3, -0.25) is 0 Å². The molecule has 6 unspecified atom stereocenters. The van der Waals surface area contributed by atoms with E-state index < -0.39 is 0 Å². The lowest BCUT2D eigenvalue weighted by molar-refractivity contribution is 0.0970. The van der Waals surface area contributed by atoms with Crippen LogP contribution in [0.2, 0.25) is 0 Å². The molecule has 4 rings (SSSR count). The Morgan fingerprint density at radius 2 is 1.65 bits per heavy atom. The van der Waals surface area contributed by atoms with Gasteiger partial charge in [0, 0.05) is 11.8 Å². The molecule has 0 aromatic carbocycles. The lowest BCUT2D eigenvalue weighted by atomic mass is 9.65. The molecule has 0 aromatic rings.